The van der Waals surface area contributed by atoms with Gasteiger partial charge in [-0.25, -0.2) is 4.79 Å². The molecule has 0 aromatic carbocycles. The van der Waals surface area contributed by atoms with E-state index in [9.17, 15) is 28.1 Å². The van der Waals surface area contributed by atoms with E-state index in [-0.39, 0.29) is 35.4 Å². The number of hydrogen-bond acceptors (Lipinski definition) is 8. The molecule has 2 rings (SSSR count). The maximum atomic E-state index is 14.0. The molecule has 23 heavy (non-hydrogen) atoms. The number of ether oxygens (including phenoxy) is 1. The number of phosphoric ester groups is 1. The normalized spacial score (nSPS) is 28.8. The van der Waals surface area contributed by atoms with Crippen LogP contribution in [-0.4, -0.2) is 44.3 Å². The molecule has 2 heterocycles. The molecule has 1 aliphatic rings. The van der Waals surface area contributed by atoms with Gasteiger partial charge in [-0.15, -0.1) is 0 Å². The van der Waals surface area contributed by atoms with Crippen LogP contribution in [0, 0.1) is 0 Å². The first kappa shape index (κ1) is 20.6. The van der Waals surface area contributed by atoms with Crippen molar-refractivity contribution in [1.82, 2.24) is 9.55 Å². The second kappa shape index (κ2) is 7.21. The molecule has 1 saturated heterocycles. The van der Waals surface area contributed by atoms with Gasteiger partial charge in [-0.1, -0.05) is 0 Å². The number of phosphoric acid groups is 1. The molecule has 1 aromatic heterocycles. The molecule has 0 aliphatic carbocycles. The number of nitrogens with two attached hydrogens (primary N) is 1. The second-order valence-electron chi connectivity index (χ2n) is 4.45. The van der Waals surface area contributed by atoms with Gasteiger partial charge in [-0.3, -0.25) is 9.13 Å². The Morgan fingerprint density at radius 3 is 2.74 bits per heavy atom. The van der Waals surface area contributed by atoms with E-state index in [1.165, 1.54) is 0 Å². The minimum atomic E-state index is -5.18. The molecular weight excluding hydrogens is 354 g/mol. The van der Waals surface area contributed by atoms with Crippen LogP contribution in [0.2, 0.25) is 0 Å². The Labute approximate surface area is 149 Å². The number of rotatable bonds is 4. The van der Waals surface area contributed by atoms with Crippen molar-refractivity contribution in [3.8, 4) is 0 Å². The summed E-state index contributed by atoms with van der Waals surface area (Å²) < 4.78 is 47.5. The molecular formula is C9H11F2N3NaO7P. The third-order valence-electron chi connectivity index (χ3n) is 2.89. The molecule has 1 aliphatic heterocycles. The Balaban J connectivity index is 0.00000264. The number of nitrogen functional groups attached to an aromatic ring is 1. The summed E-state index contributed by atoms with van der Waals surface area (Å²) in [4.78, 5) is 33.7. The number of alkyl halides is 2. The van der Waals surface area contributed by atoms with Gasteiger partial charge in [0, 0.05) is 6.20 Å². The van der Waals surface area contributed by atoms with Crippen molar-refractivity contribution >= 4 is 13.6 Å². The first-order valence-electron chi connectivity index (χ1n) is 5.76. The van der Waals surface area contributed by atoms with Gasteiger partial charge in [0.2, 0.25) is 6.23 Å². The topological polar surface area (TPSA) is 160 Å². The van der Waals surface area contributed by atoms with Crippen molar-refractivity contribution < 1.29 is 67.1 Å². The molecule has 0 bridgehead atoms. The van der Waals surface area contributed by atoms with E-state index in [1.807, 2.05) is 0 Å². The maximum absolute atomic E-state index is 14.0. The van der Waals surface area contributed by atoms with Gasteiger partial charge in [-0.05, 0) is 6.07 Å². The molecule has 10 nitrogen and oxygen atoms in total. The number of hydrogen-bond donors (Lipinski definition) is 3. The summed E-state index contributed by atoms with van der Waals surface area (Å²) in [6, 6.07) is 1.07. The SMILES string of the molecule is Nc1ccn([C@@H]2O[C@H](COP(=O)([O-])O)[C@@H](O)C2(F)F)c(=O)n1.[Na+]. The molecule has 0 radical (unpaired) electrons. The summed E-state index contributed by atoms with van der Waals surface area (Å²) in [6.07, 6.45) is -5.60. The average Bonchev–Trinajstić information content (AvgIpc) is 2.59. The molecule has 0 spiro atoms. The van der Waals surface area contributed by atoms with Gasteiger partial charge >= 0.3 is 41.2 Å². The Morgan fingerprint density at radius 2 is 2.22 bits per heavy atom. The van der Waals surface area contributed by atoms with Gasteiger partial charge in [0.15, 0.2) is 6.10 Å². The summed E-state index contributed by atoms with van der Waals surface area (Å²) in [7, 11) is -5.18. The predicted octanol–water partition coefficient (Wildman–Crippen LogP) is -4.80. The second-order valence-corrected chi connectivity index (χ2v) is 5.65. The molecule has 4 N–H and O–H groups in total. The van der Waals surface area contributed by atoms with E-state index >= 15 is 0 Å². The zero-order chi connectivity index (χ0) is 16.7. The van der Waals surface area contributed by atoms with E-state index in [2.05, 4.69) is 9.51 Å². The van der Waals surface area contributed by atoms with E-state index in [1.54, 1.807) is 0 Å². The first-order valence-corrected chi connectivity index (χ1v) is 7.26. The fourth-order valence-corrected chi connectivity index (χ4v) is 2.21. The molecule has 1 fully saturated rings. The van der Waals surface area contributed by atoms with Crippen LogP contribution in [0.3, 0.4) is 0 Å². The minimum absolute atomic E-state index is 0. The Kier molecular flexibility index (Phi) is 6.47. The van der Waals surface area contributed by atoms with Crippen LogP contribution >= 0.6 is 7.82 Å². The van der Waals surface area contributed by atoms with Crippen molar-refractivity contribution in [3.63, 3.8) is 0 Å². The van der Waals surface area contributed by atoms with Crippen molar-refractivity contribution in [2.75, 3.05) is 12.3 Å². The molecule has 1 aromatic rings. The molecule has 0 saturated carbocycles. The quantitative estimate of drug-likeness (QED) is 0.351. The third-order valence-corrected chi connectivity index (χ3v) is 3.36. The summed E-state index contributed by atoms with van der Waals surface area (Å²) in [5.74, 6) is -4.13. The zero-order valence-electron chi connectivity index (χ0n) is 11.7. The fourth-order valence-electron chi connectivity index (χ4n) is 1.88. The van der Waals surface area contributed by atoms with Gasteiger partial charge in [0.1, 0.15) is 11.9 Å². The number of aromatic nitrogens is 2. The van der Waals surface area contributed by atoms with Gasteiger partial charge < -0.3 is 29.9 Å². The van der Waals surface area contributed by atoms with Crippen molar-refractivity contribution in [3.05, 3.63) is 22.7 Å². The summed E-state index contributed by atoms with van der Waals surface area (Å²) >= 11 is 0. The van der Waals surface area contributed by atoms with Crippen LogP contribution in [-0.2, 0) is 13.8 Å². The van der Waals surface area contributed by atoms with Crippen LogP contribution in [0.15, 0.2) is 17.1 Å². The predicted molar refractivity (Wildman–Crippen MR) is 63.6 cm³/mol. The molecule has 0 amide bonds. The van der Waals surface area contributed by atoms with Crippen molar-refractivity contribution in [1.29, 1.82) is 0 Å². The summed E-state index contributed by atoms with van der Waals surface area (Å²) in [6.45, 7) is -1.05. The van der Waals surface area contributed by atoms with Crippen molar-refractivity contribution in [2.24, 2.45) is 0 Å². The van der Waals surface area contributed by atoms with Crippen LogP contribution in [0.25, 0.3) is 0 Å². The van der Waals surface area contributed by atoms with Crippen LogP contribution in [0.5, 0.6) is 0 Å². The van der Waals surface area contributed by atoms with Crippen molar-refractivity contribution in [2.45, 2.75) is 24.4 Å². The van der Waals surface area contributed by atoms with Crippen LogP contribution < -0.4 is 45.9 Å². The first-order chi connectivity index (χ1) is 10.0. The average molecular weight is 365 g/mol. The van der Waals surface area contributed by atoms with E-state index in [0.29, 0.717) is 4.57 Å². The maximum Gasteiger partial charge on any atom is 1.00 e. The van der Waals surface area contributed by atoms with E-state index in [4.69, 9.17) is 15.4 Å². The monoisotopic (exact) mass is 365 g/mol. The fraction of sp³-hybridized carbons (Fsp3) is 0.556. The Morgan fingerprint density at radius 1 is 1.61 bits per heavy atom. The third kappa shape index (κ3) is 4.56. The Hall–Kier alpha value is -0.430. The van der Waals surface area contributed by atoms with Gasteiger partial charge in [-0.2, -0.15) is 13.8 Å². The molecule has 124 valence electrons. The van der Waals surface area contributed by atoms with Gasteiger partial charge in [0.05, 0.1) is 6.61 Å². The number of nitrogens with zero attached hydrogens (tertiary/aromatic N) is 2. The van der Waals surface area contributed by atoms with Gasteiger partial charge in [0.25, 0.3) is 7.82 Å². The Bertz CT molecular complexity index is 669. The number of halogens is 2. The zero-order valence-corrected chi connectivity index (χ0v) is 14.6. The molecule has 14 heteroatoms. The minimum Gasteiger partial charge on any atom is -0.756 e. The van der Waals surface area contributed by atoms with Crippen LogP contribution in [0.1, 0.15) is 6.23 Å². The standard InChI is InChI=1S/C9H12F2N3O7P.Na/c10-9(11)6(15)4(3-20-22(17,18)19)21-7(9)14-2-1-5(12)13-8(14)16;/h1-2,4,6-7,15H,3H2,(H2,12,13,16)(H2,17,18,19);/q;+1/p-1/t4-,6-,7-;/m1./s1. The van der Waals surface area contributed by atoms with Crippen LogP contribution in [0.4, 0.5) is 14.6 Å². The summed E-state index contributed by atoms with van der Waals surface area (Å²) in [5, 5.41) is 9.50. The number of aliphatic hydroxyl groups excluding tert-OH is 1. The number of aliphatic hydroxyl groups is 1. The van der Waals surface area contributed by atoms with E-state index < -0.39 is 44.5 Å². The molecule has 1 unspecified atom stereocenters. The smallest absolute Gasteiger partial charge is 0.756 e. The summed E-state index contributed by atoms with van der Waals surface area (Å²) in [5.41, 5.74) is 4.08. The van der Waals surface area contributed by atoms with E-state index in [0.717, 1.165) is 12.3 Å². The number of anilines is 1. The largest absolute Gasteiger partial charge is 1.00 e. The molecule has 4 atom stereocenters.